The Kier molecular flexibility index (Phi) is 8.01. The van der Waals surface area contributed by atoms with Crippen molar-refractivity contribution in [3.05, 3.63) is 215 Å². The van der Waals surface area contributed by atoms with Gasteiger partial charge in [-0.25, -0.2) is 17.6 Å². The second kappa shape index (κ2) is 12.6. The Morgan fingerprint density at radius 2 is 0.596 bits per heavy atom. The summed E-state index contributed by atoms with van der Waals surface area (Å²) in [5, 5.41) is 0. The van der Waals surface area contributed by atoms with Gasteiger partial charge in [0.25, 0.3) is 0 Å². The fraction of sp³-hybridized carbons (Fsp3) is 0.0233. The molecule has 0 aromatic heterocycles. The summed E-state index contributed by atoms with van der Waals surface area (Å²) in [5.74, 6) is -2.82. The Morgan fingerprint density at radius 3 is 0.979 bits per heavy atom. The quantitative estimate of drug-likeness (QED) is 0.123. The van der Waals surface area contributed by atoms with E-state index in [1.807, 2.05) is 109 Å². The number of benzene rings is 7. The van der Waals surface area contributed by atoms with E-state index in [9.17, 15) is 8.78 Å². The van der Waals surface area contributed by atoms with Crippen LogP contribution in [0.2, 0.25) is 0 Å². The molecule has 0 atom stereocenters. The van der Waals surface area contributed by atoms with Crippen LogP contribution in [0.1, 0.15) is 22.3 Å². The highest BCUT2D eigenvalue weighted by atomic mass is 19.1. The molecule has 0 saturated carbocycles. The largest absolute Gasteiger partial charge is 0.207 e. The van der Waals surface area contributed by atoms with Gasteiger partial charge in [0.2, 0.25) is 0 Å². The van der Waals surface area contributed by atoms with Gasteiger partial charge in [0.1, 0.15) is 23.3 Å². The molecular weight excluding hydrogens is 592 g/mol. The predicted octanol–water partition coefficient (Wildman–Crippen LogP) is 11.6. The maximum Gasteiger partial charge on any atom is 0.133 e. The van der Waals surface area contributed by atoms with Crippen LogP contribution in [0, 0.1) is 23.3 Å². The number of hydrogen-bond acceptors (Lipinski definition) is 0. The lowest BCUT2D eigenvalue weighted by Gasteiger charge is -2.37. The highest BCUT2D eigenvalue weighted by Gasteiger charge is 2.42. The van der Waals surface area contributed by atoms with Crippen LogP contribution in [0.25, 0.3) is 33.4 Å². The zero-order valence-electron chi connectivity index (χ0n) is 25.2. The minimum Gasteiger partial charge on any atom is -0.207 e. The topological polar surface area (TPSA) is 0 Å². The van der Waals surface area contributed by atoms with E-state index in [0.29, 0.717) is 22.3 Å². The third-order valence-electron chi connectivity index (χ3n) is 8.76. The average Bonchev–Trinajstić information content (AvgIpc) is 3.11. The molecule has 0 unspecified atom stereocenters. The van der Waals surface area contributed by atoms with E-state index in [1.54, 1.807) is 24.3 Å². The third-order valence-corrected chi connectivity index (χ3v) is 8.76. The second-order valence-electron chi connectivity index (χ2n) is 11.4. The first-order valence-electron chi connectivity index (χ1n) is 15.3. The standard InChI is InChI=1S/C43H28F4/c44-37-13-7-14-38(45)41(37)33-21-27-36(28-22-33)43(42-39(46)15-8-16-40(42)47,34-23-17-31(18-24-34)29-9-3-1-4-10-29)35-25-19-32(20-26-35)30-11-5-2-6-12-30/h1-28H. The fourth-order valence-electron chi connectivity index (χ4n) is 6.54. The number of halogens is 4. The summed E-state index contributed by atoms with van der Waals surface area (Å²) in [6, 6.07) is 49.2. The van der Waals surface area contributed by atoms with Crippen LogP contribution in [-0.2, 0) is 5.41 Å². The number of rotatable bonds is 7. The molecule has 0 heterocycles. The molecule has 47 heavy (non-hydrogen) atoms. The van der Waals surface area contributed by atoms with Gasteiger partial charge in [-0.1, -0.05) is 146 Å². The lowest BCUT2D eigenvalue weighted by Crippen LogP contribution is -2.33. The molecule has 7 aromatic rings. The van der Waals surface area contributed by atoms with Crippen LogP contribution in [0.5, 0.6) is 0 Å². The van der Waals surface area contributed by atoms with Crippen molar-refractivity contribution < 1.29 is 17.6 Å². The van der Waals surface area contributed by atoms with Gasteiger partial charge in [-0.2, -0.15) is 0 Å². The molecule has 7 rings (SSSR count). The van der Waals surface area contributed by atoms with Gasteiger partial charge in [0.05, 0.1) is 11.0 Å². The molecule has 0 radical (unpaired) electrons. The van der Waals surface area contributed by atoms with Crippen LogP contribution < -0.4 is 0 Å². The Hall–Kier alpha value is -5.74. The SMILES string of the molecule is Fc1cccc(F)c1-c1ccc(C(c2ccc(-c3ccccc3)cc2)(c2ccc(-c3ccccc3)cc2)c2c(F)cccc2F)cc1. The minimum atomic E-state index is -1.48. The van der Waals surface area contributed by atoms with Crippen molar-refractivity contribution in [1.82, 2.24) is 0 Å². The molecule has 0 spiro atoms. The molecule has 0 nitrogen and oxygen atoms in total. The zero-order valence-corrected chi connectivity index (χ0v) is 25.2. The van der Waals surface area contributed by atoms with Crippen molar-refractivity contribution in [1.29, 1.82) is 0 Å². The van der Waals surface area contributed by atoms with Crippen LogP contribution in [-0.4, -0.2) is 0 Å². The first-order valence-corrected chi connectivity index (χ1v) is 15.3. The summed E-state index contributed by atoms with van der Waals surface area (Å²) in [6.07, 6.45) is 0. The summed E-state index contributed by atoms with van der Waals surface area (Å²) in [4.78, 5) is 0. The van der Waals surface area contributed by atoms with Gasteiger partial charge in [0.15, 0.2) is 0 Å². The lowest BCUT2D eigenvalue weighted by atomic mass is 9.64. The molecule has 228 valence electrons. The molecule has 0 aliphatic carbocycles. The van der Waals surface area contributed by atoms with E-state index in [4.69, 9.17) is 0 Å². The summed E-state index contributed by atoms with van der Waals surface area (Å²) < 4.78 is 62.0. The monoisotopic (exact) mass is 620 g/mol. The Bertz CT molecular complexity index is 2010. The Morgan fingerprint density at radius 1 is 0.277 bits per heavy atom. The lowest BCUT2D eigenvalue weighted by molar-refractivity contribution is 0.523. The molecule has 0 bridgehead atoms. The smallest absolute Gasteiger partial charge is 0.133 e. The molecule has 7 aromatic carbocycles. The van der Waals surface area contributed by atoms with Crippen LogP contribution in [0.4, 0.5) is 17.6 Å². The second-order valence-corrected chi connectivity index (χ2v) is 11.4. The maximum absolute atomic E-state index is 16.2. The maximum atomic E-state index is 16.2. The molecular formula is C43H28F4. The highest BCUT2D eigenvalue weighted by Crippen LogP contribution is 2.48. The number of hydrogen-bond donors (Lipinski definition) is 0. The molecule has 0 fully saturated rings. The molecule has 0 aliphatic heterocycles. The van der Waals surface area contributed by atoms with E-state index in [-0.39, 0.29) is 11.1 Å². The predicted molar refractivity (Wildman–Crippen MR) is 181 cm³/mol. The van der Waals surface area contributed by atoms with Gasteiger partial charge >= 0.3 is 0 Å². The normalized spacial score (nSPS) is 11.4. The van der Waals surface area contributed by atoms with Crippen molar-refractivity contribution in [2.45, 2.75) is 5.41 Å². The van der Waals surface area contributed by atoms with Crippen molar-refractivity contribution in [2.24, 2.45) is 0 Å². The van der Waals surface area contributed by atoms with E-state index in [0.717, 1.165) is 22.3 Å². The Labute approximate surface area is 271 Å². The summed E-state index contributed by atoms with van der Waals surface area (Å²) in [6.45, 7) is 0. The van der Waals surface area contributed by atoms with Crippen molar-refractivity contribution >= 4 is 0 Å². The highest BCUT2D eigenvalue weighted by molar-refractivity contribution is 5.71. The van der Waals surface area contributed by atoms with Gasteiger partial charge in [-0.05, 0) is 68.8 Å². The molecule has 0 saturated heterocycles. The van der Waals surface area contributed by atoms with Crippen molar-refractivity contribution in [3.63, 3.8) is 0 Å². The first kappa shape index (κ1) is 29.9. The minimum absolute atomic E-state index is 0.148. The van der Waals surface area contributed by atoms with E-state index < -0.39 is 28.7 Å². The Balaban J connectivity index is 1.50. The van der Waals surface area contributed by atoms with Gasteiger partial charge < -0.3 is 0 Å². The van der Waals surface area contributed by atoms with Crippen molar-refractivity contribution in [2.75, 3.05) is 0 Å². The van der Waals surface area contributed by atoms with Crippen LogP contribution >= 0.6 is 0 Å². The summed E-state index contributed by atoms with van der Waals surface area (Å²) in [7, 11) is 0. The third kappa shape index (κ3) is 5.42. The van der Waals surface area contributed by atoms with Crippen LogP contribution in [0.15, 0.2) is 170 Å². The summed E-state index contributed by atoms with van der Waals surface area (Å²) >= 11 is 0. The van der Waals surface area contributed by atoms with Gasteiger partial charge in [0, 0.05) is 5.56 Å². The molecule has 0 amide bonds. The van der Waals surface area contributed by atoms with E-state index in [2.05, 4.69) is 0 Å². The van der Waals surface area contributed by atoms with Crippen molar-refractivity contribution in [3.8, 4) is 33.4 Å². The van der Waals surface area contributed by atoms with E-state index >= 15 is 8.78 Å². The molecule has 0 N–H and O–H groups in total. The van der Waals surface area contributed by atoms with Gasteiger partial charge in [-0.3, -0.25) is 0 Å². The summed E-state index contributed by atoms with van der Waals surface area (Å²) in [5.41, 5.74) is 4.20. The van der Waals surface area contributed by atoms with Crippen LogP contribution in [0.3, 0.4) is 0 Å². The average molecular weight is 621 g/mol. The van der Waals surface area contributed by atoms with Gasteiger partial charge in [-0.15, -0.1) is 0 Å². The molecule has 0 aliphatic rings. The zero-order chi connectivity index (χ0) is 32.4. The fourth-order valence-corrected chi connectivity index (χ4v) is 6.54. The molecule has 4 heteroatoms. The first-order chi connectivity index (χ1) is 23.0. The van der Waals surface area contributed by atoms with E-state index in [1.165, 1.54) is 36.4 Å².